The number of carbonyl (C=O) groups is 1. The lowest BCUT2D eigenvalue weighted by atomic mass is 10.1. The number of nitrogens with one attached hydrogen (secondary N) is 1. The molecule has 0 saturated carbocycles. The molecule has 0 bridgehead atoms. The van der Waals surface area contributed by atoms with Crippen LogP contribution in [0.25, 0.3) is 6.08 Å². The molecule has 18 heavy (non-hydrogen) atoms. The van der Waals surface area contributed by atoms with Crippen LogP contribution in [0.4, 0.5) is 0 Å². The predicted molar refractivity (Wildman–Crippen MR) is 80.8 cm³/mol. The van der Waals surface area contributed by atoms with Crippen LogP contribution in [0.1, 0.15) is 11.1 Å². The quantitative estimate of drug-likeness (QED) is 0.850. The third kappa shape index (κ3) is 3.71. The van der Waals surface area contributed by atoms with Gasteiger partial charge < -0.3 is 5.32 Å². The van der Waals surface area contributed by atoms with Crippen LogP contribution in [0.15, 0.2) is 33.7 Å². The highest BCUT2D eigenvalue weighted by Crippen LogP contribution is 2.19. The molecule has 0 aliphatic carbocycles. The summed E-state index contributed by atoms with van der Waals surface area (Å²) < 4.78 is 0.985. The summed E-state index contributed by atoms with van der Waals surface area (Å²) in [4.78, 5) is 15.8. The van der Waals surface area contributed by atoms with E-state index in [2.05, 4.69) is 26.2 Å². The van der Waals surface area contributed by atoms with Gasteiger partial charge in [-0.1, -0.05) is 39.8 Å². The minimum absolute atomic E-state index is 0.143. The van der Waals surface area contributed by atoms with Gasteiger partial charge in [0.25, 0.3) is 0 Å². The zero-order chi connectivity index (χ0) is 13.0. The molecule has 0 saturated heterocycles. The van der Waals surface area contributed by atoms with Crippen molar-refractivity contribution in [2.75, 3.05) is 12.3 Å². The SMILES string of the molecule is Cc1ccc(C=CC(=O)NC2=NCCS2)c(Br)c1. The second-order valence-corrected chi connectivity index (χ2v) is 5.82. The van der Waals surface area contributed by atoms with Gasteiger partial charge in [0.05, 0.1) is 6.54 Å². The number of rotatable bonds is 2. The third-order valence-electron chi connectivity index (χ3n) is 2.39. The van der Waals surface area contributed by atoms with Crippen molar-refractivity contribution < 1.29 is 4.79 Å². The summed E-state index contributed by atoms with van der Waals surface area (Å²) >= 11 is 5.05. The number of thioether (sulfide) groups is 1. The maximum atomic E-state index is 11.6. The summed E-state index contributed by atoms with van der Waals surface area (Å²) in [6.45, 7) is 2.81. The van der Waals surface area contributed by atoms with Crippen LogP contribution in [-0.4, -0.2) is 23.4 Å². The Morgan fingerprint density at radius 3 is 3.06 bits per heavy atom. The fourth-order valence-corrected chi connectivity index (χ4v) is 2.85. The number of amides is 1. The van der Waals surface area contributed by atoms with E-state index in [1.165, 1.54) is 11.6 Å². The monoisotopic (exact) mass is 324 g/mol. The van der Waals surface area contributed by atoms with Crippen molar-refractivity contribution in [1.82, 2.24) is 5.32 Å². The lowest BCUT2D eigenvalue weighted by Gasteiger charge is -2.01. The number of hydrogen-bond acceptors (Lipinski definition) is 3. The first-order valence-corrected chi connectivity index (χ1v) is 7.35. The van der Waals surface area contributed by atoms with E-state index in [4.69, 9.17) is 0 Å². The Labute approximate surface area is 119 Å². The van der Waals surface area contributed by atoms with Gasteiger partial charge in [-0.05, 0) is 30.2 Å². The van der Waals surface area contributed by atoms with E-state index >= 15 is 0 Å². The summed E-state index contributed by atoms with van der Waals surface area (Å²) in [7, 11) is 0. The van der Waals surface area contributed by atoms with Crippen molar-refractivity contribution in [2.45, 2.75) is 6.92 Å². The number of aliphatic imine (C=N–C) groups is 1. The van der Waals surface area contributed by atoms with Gasteiger partial charge in [-0.15, -0.1) is 0 Å². The molecule has 0 aromatic heterocycles. The topological polar surface area (TPSA) is 41.5 Å². The molecule has 0 radical (unpaired) electrons. The molecule has 1 aliphatic heterocycles. The van der Waals surface area contributed by atoms with Gasteiger partial charge >= 0.3 is 0 Å². The standard InChI is InChI=1S/C13H13BrN2OS/c1-9-2-3-10(11(14)8-9)4-5-12(17)16-13-15-6-7-18-13/h2-5,8H,6-7H2,1H3,(H,15,16,17). The molecule has 1 aromatic carbocycles. The number of amidine groups is 1. The van der Waals surface area contributed by atoms with Gasteiger partial charge in [0.15, 0.2) is 5.17 Å². The molecule has 2 rings (SSSR count). The molecule has 0 atom stereocenters. The maximum Gasteiger partial charge on any atom is 0.249 e. The number of benzene rings is 1. The lowest BCUT2D eigenvalue weighted by Crippen LogP contribution is -2.25. The van der Waals surface area contributed by atoms with Crippen LogP contribution in [-0.2, 0) is 4.79 Å². The van der Waals surface area contributed by atoms with E-state index in [9.17, 15) is 4.79 Å². The van der Waals surface area contributed by atoms with Crippen LogP contribution in [0, 0.1) is 6.92 Å². The van der Waals surface area contributed by atoms with E-state index in [1.54, 1.807) is 17.8 Å². The van der Waals surface area contributed by atoms with Crippen molar-refractivity contribution in [3.8, 4) is 0 Å². The molecule has 1 N–H and O–H groups in total. The van der Waals surface area contributed by atoms with Crippen molar-refractivity contribution in [3.05, 3.63) is 39.9 Å². The Balaban J connectivity index is 1.99. The Morgan fingerprint density at radius 1 is 1.56 bits per heavy atom. The summed E-state index contributed by atoms with van der Waals surface area (Å²) in [6.07, 6.45) is 3.32. The number of carbonyl (C=O) groups excluding carboxylic acids is 1. The first kappa shape index (κ1) is 13.4. The molecule has 1 heterocycles. The second kappa shape index (κ2) is 6.20. The van der Waals surface area contributed by atoms with Crippen LogP contribution >= 0.6 is 27.7 Å². The van der Waals surface area contributed by atoms with Crippen LogP contribution in [0.3, 0.4) is 0 Å². The Hall–Kier alpha value is -1.07. The van der Waals surface area contributed by atoms with Crippen molar-refractivity contribution in [3.63, 3.8) is 0 Å². The van der Waals surface area contributed by atoms with Gasteiger partial charge in [0.1, 0.15) is 0 Å². The normalized spacial score (nSPS) is 14.9. The molecule has 0 unspecified atom stereocenters. The Bertz CT molecular complexity index is 526. The molecule has 0 fully saturated rings. The molecule has 3 nitrogen and oxygen atoms in total. The van der Waals surface area contributed by atoms with E-state index < -0.39 is 0 Å². The largest absolute Gasteiger partial charge is 0.302 e. The molecular formula is C13H13BrN2OS. The average Bonchev–Trinajstić information content (AvgIpc) is 2.80. The highest BCUT2D eigenvalue weighted by molar-refractivity contribution is 9.10. The highest BCUT2D eigenvalue weighted by atomic mass is 79.9. The average molecular weight is 325 g/mol. The van der Waals surface area contributed by atoms with Crippen molar-refractivity contribution in [2.24, 2.45) is 4.99 Å². The van der Waals surface area contributed by atoms with E-state index in [0.29, 0.717) is 5.17 Å². The zero-order valence-corrected chi connectivity index (χ0v) is 12.3. The molecule has 0 spiro atoms. The number of aryl methyl sites for hydroxylation is 1. The van der Waals surface area contributed by atoms with Gasteiger partial charge in [0, 0.05) is 16.3 Å². The third-order valence-corrected chi connectivity index (χ3v) is 3.96. The first-order valence-electron chi connectivity index (χ1n) is 5.57. The minimum Gasteiger partial charge on any atom is -0.302 e. The van der Waals surface area contributed by atoms with Crippen LogP contribution < -0.4 is 5.32 Å². The fourth-order valence-electron chi connectivity index (χ4n) is 1.49. The summed E-state index contributed by atoms with van der Waals surface area (Å²) in [5.41, 5.74) is 2.16. The second-order valence-electron chi connectivity index (χ2n) is 3.88. The zero-order valence-electron chi connectivity index (χ0n) is 9.94. The number of halogens is 1. The van der Waals surface area contributed by atoms with Gasteiger partial charge in [-0.3, -0.25) is 9.79 Å². The number of nitrogens with zero attached hydrogens (tertiary/aromatic N) is 1. The Morgan fingerprint density at radius 2 is 2.39 bits per heavy atom. The minimum atomic E-state index is -0.143. The molecule has 1 aromatic rings. The Kier molecular flexibility index (Phi) is 4.60. The summed E-state index contributed by atoms with van der Waals surface area (Å²) in [6, 6.07) is 6.01. The molecule has 1 aliphatic rings. The predicted octanol–water partition coefficient (Wildman–Crippen LogP) is 2.99. The van der Waals surface area contributed by atoms with Gasteiger partial charge in [-0.25, -0.2) is 0 Å². The number of hydrogen-bond donors (Lipinski definition) is 1. The smallest absolute Gasteiger partial charge is 0.249 e. The van der Waals surface area contributed by atoms with Crippen molar-refractivity contribution >= 4 is 44.8 Å². The highest BCUT2D eigenvalue weighted by Gasteiger charge is 2.08. The molecule has 5 heteroatoms. The molecule has 94 valence electrons. The van der Waals surface area contributed by atoms with E-state index in [1.807, 2.05) is 25.1 Å². The van der Waals surface area contributed by atoms with E-state index in [0.717, 1.165) is 22.3 Å². The van der Waals surface area contributed by atoms with Crippen LogP contribution in [0.2, 0.25) is 0 Å². The molecular weight excluding hydrogens is 312 g/mol. The summed E-state index contributed by atoms with van der Waals surface area (Å²) in [5.74, 6) is 0.804. The lowest BCUT2D eigenvalue weighted by molar-refractivity contribution is -0.115. The van der Waals surface area contributed by atoms with Crippen LogP contribution in [0.5, 0.6) is 0 Å². The van der Waals surface area contributed by atoms with E-state index in [-0.39, 0.29) is 5.91 Å². The fraction of sp³-hybridized carbons (Fsp3) is 0.231. The first-order chi connectivity index (χ1) is 8.65. The van der Waals surface area contributed by atoms with Gasteiger partial charge in [0.2, 0.25) is 5.91 Å². The molecule has 1 amide bonds. The van der Waals surface area contributed by atoms with Crippen molar-refractivity contribution in [1.29, 1.82) is 0 Å². The summed E-state index contributed by atoms with van der Waals surface area (Å²) in [5, 5.41) is 3.47. The maximum absolute atomic E-state index is 11.6. The van der Waals surface area contributed by atoms with Gasteiger partial charge in [-0.2, -0.15) is 0 Å².